The van der Waals surface area contributed by atoms with E-state index in [1.165, 1.54) is 0 Å². The van der Waals surface area contributed by atoms with Gasteiger partial charge in [-0.15, -0.1) is 0 Å². The molecule has 1 aliphatic heterocycles. The van der Waals surface area contributed by atoms with Crippen LogP contribution in [-0.4, -0.2) is 30.5 Å². The number of ketones is 1. The van der Waals surface area contributed by atoms with Gasteiger partial charge in [-0.25, -0.2) is 4.79 Å². The van der Waals surface area contributed by atoms with E-state index >= 15 is 0 Å². The molecule has 42 heavy (non-hydrogen) atoms. The van der Waals surface area contributed by atoms with E-state index in [2.05, 4.69) is 10.6 Å². The molecule has 3 aromatic carbocycles. The number of allylic oxidation sites excluding steroid dienone is 1. The van der Waals surface area contributed by atoms with E-state index in [0.29, 0.717) is 29.1 Å². The van der Waals surface area contributed by atoms with Crippen molar-refractivity contribution in [3.05, 3.63) is 101 Å². The summed E-state index contributed by atoms with van der Waals surface area (Å²) >= 11 is 0. The van der Waals surface area contributed by atoms with Crippen molar-refractivity contribution >= 4 is 29.2 Å². The molecule has 0 spiro atoms. The van der Waals surface area contributed by atoms with Gasteiger partial charge in [0, 0.05) is 28.8 Å². The maximum atomic E-state index is 14.8. The van der Waals surface area contributed by atoms with Crippen molar-refractivity contribution in [2.45, 2.75) is 58.7 Å². The van der Waals surface area contributed by atoms with Crippen LogP contribution in [0.25, 0.3) is 0 Å². The van der Waals surface area contributed by atoms with Crippen LogP contribution in [0.15, 0.2) is 90.1 Å². The zero-order valence-electron chi connectivity index (χ0n) is 24.9. The minimum absolute atomic E-state index is 0.210. The highest BCUT2D eigenvalue weighted by molar-refractivity contribution is 6.19. The lowest BCUT2D eigenvalue weighted by atomic mass is 9.78. The number of amides is 2. The quantitative estimate of drug-likeness (QED) is 0.347. The minimum atomic E-state index is -1.81. The fourth-order valence-corrected chi connectivity index (χ4v) is 5.70. The number of fused-ring (bicyclic) bond motifs is 1. The van der Waals surface area contributed by atoms with Gasteiger partial charge in [-0.3, -0.25) is 14.9 Å². The Morgan fingerprint density at radius 3 is 2.21 bits per heavy atom. The van der Waals surface area contributed by atoms with Crippen LogP contribution in [0.1, 0.15) is 52.2 Å². The van der Waals surface area contributed by atoms with Crippen LogP contribution in [0.5, 0.6) is 5.75 Å². The molecule has 0 saturated heterocycles. The number of ether oxygens (including phenoxy) is 2. The minimum Gasteiger partial charge on any atom is -0.497 e. The molecule has 0 bridgehead atoms. The Morgan fingerprint density at radius 1 is 0.929 bits per heavy atom. The highest BCUT2D eigenvalue weighted by Gasteiger charge is 2.61. The summed E-state index contributed by atoms with van der Waals surface area (Å²) in [6, 6.07) is 24.2. The van der Waals surface area contributed by atoms with E-state index in [4.69, 9.17) is 9.47 Å². The van der Waals surface area contributed by atoms with Gasteiger partial charge in [-0.2, -0.15) is 0 Å². The topological polar surface area (TPSA) is 97.0 Å². The molecule has 0 saturated carbocycles. The standard InChI is InChI=1S/C34H37N3O5/c1-32(2,3)42-31(40)36-34(25-14-10-11-15-27(25)37(30(34)39)21-22-12-8-7-9-13-22)28-26(20-33(4,5)29(28)38)35-23-16-18-24(41-6)19-17-23/h7-19,35H,20-21H2,1-6H3,(H,36,40)/t34-/m1/s1. The molecular weight excluding hydrogens is 530 g/mol. The largest absolute Gasteiger partial charge is 0.497 e. The molecule has 5 rings (SSSR count). The lowest BCUT2D eigenvalue weighted by Crippen LogP contribution is -2.57. The van der Waals surface area contributed by atoms with Gasteiger partial charge >= 0.3 is 6.09 Å². The molecular formula is C34H37N3O5. The van der Waals surface area contributed by atoms with Gasteiger partial charge in [-0.1, -0.05) is 62.4 Å². The number of nitrogens with zero attached hydrogens (tertiary/aromatic N) is 1. The van der Waals surface area contributed by atoms with Crippen LogP contribution in [0.2, 0.25) is 0 Å². The Balaban J connectivity index is 1.71. The van der Waals surface area contributed by atoms with Gasteiger partial charge in [-0.05, 0) is 56.7 Å². The molecule has 2 aliphatic rings. The molecule has 2 amide bonds. The van der Waals surface area contributed by atoms with Crippen molar-refractivity contribution in [3.63, 3.8) is 0 Å². The molecule has 8 nitrogen and oxygen atoms in total. The number of alkyl carbamates (subject to hydrolysis) is 1. The first kappa shape index (κ1) is 28.9. The summed E-state index contributed by atoms with van der Waals surface area (Å²) in [5, 5.41) is 6.33. The summed E-state index contributed by atoms with van der Waals surface area (Å²) in [5.74, 6) is 0.0462. The second-order valence-corrected chi connectivity index (χ2v) is 12.4. The first-order valence-electron chi connectivity index (χ1n) is 14.0. The molecule has 1 aliphatic carbocycles. The average Bonchev–Trinajstić information content (AvgIpc) is 3.30. The molecule has 0 radical (unpaired) electrons. The Kier molecular flexibility index (Phi) is 7.35. The number of nitrogens with one attached hydrogen (secondary N) is 2. The van der Waals surface area contributed by atoms with E-state index in [1.807, 2.05) is 86.6 Å². The normalized spacial score (nSPS) is 19.5. The molecule has 8 heteroatoms. The van der Waals surface area contributed by atoms with Crippen molar-refractivity contribution in [2.75, 3.05) is 17.3 Å². The predicted molar refractivity (Wildman–Crippen MR) is 162 cm³/mol. The van der Waals surface area contributed by atoms with Gasteiger partial charge in [0.15, 0.2) is 11.3 Å². The lowest BCUT2D eigenvalue weighted by Gasteiger charge is -2.33. The summed E-state index contributed by atoms with van der Waals surface area (Å²) in [4.78, 5) is 44.3. The zero-order valence-corrected chi connectivity index (χ0v) is 24.9. The SMILES string of the molecule is COc1ccc(NC2=C([C@@]3(NC(=O)OC(C)(C)C)C(=O)N(Cc4ccccc4)c4ccccc43)C(=O)C(C)(C)C2)cc1. The number of carbonyl (C=O) groups excluding carboxylic acids is 3. The Morgan fingerprint density at radius 2 is 1.57 bits per heavy atom. The monoisotopic (exact) mass is 567 g/mol. The highest BCUT2D eigenvalue weighted by atomic mass is 16.6. The summed E-state index contributed by atoms with van der Waals surface area (Å²) in [6.45, 7) is 9.24. The van der Waals surface area contributed by atoms with Crippen LogP contribution in [0.3, 0.4) is 0 Å². The number of methoxy groups -OCH3 is 1. The van der Waals surface area contributed by atoms with Gasteiger partial charge in [0.2, 0.25) is 0 Å². The smallest absolute Gasteiger partial charge is 0.409 e. The van der Waals surface area contributed by atoms with Crippen LogP contribution in [0, 0.1) is 5.41 Å². The number of benzene rings is 3. The van der Waals surface area contributed by atoms with Crippen LogP contribution >= 0.6 is 0 Å². The van der Waals surface area contributed by atoms with Crippen LogP contribution < -0.4 is 20.3 Å². The van der Waals surface area contributed by atoms with Gasteiger partial charge < -0.3 is 19.7 Å². The molecule has 3 aromatic rings. The molecule has 1 heterocycles. The number of hydrogen-bond donors (Lipinski definition) is 2. The van der Waals surface area contributed by atoms with E-state index in [9.17, 15) is 14.4 Å². The third kappa shape index (κ3) is 5.24. The molecule has 0 aromatic heterocycles. The fourth-order valence-electron chi connectivity index (χ4n) is 5.70. The second kappa shape index (κ2) is 10.7. The summed E-state index contributed by atoms with van der Waals surface area (Å²) in [5.41, 5.74) is 0.0928. The van der Waals surface area contributed by atoms with E-state index < -0.39 is 28.6 Å². The second-order valence-electron chi connectivity index (χ2n) is 12.4. The van der Waals surface area contributed by atoms with Crippen molar-refractivity contribution in [2.24, 2.45) is 5.41 Å². The molecule has 0 fully saturated rings. The first-order chi connectivity index (χ1) is 19.9. The van der Waals surface area contributed by atoms with Crippen LogP contribution in [-0.2, 0) is 26.4 Å². The lowest BCUT2D eigenvalue weighted by molar-refractivity contribution is -0.128. The summed E-state index contributed by atoms with van der Waals surface area (Å²) < 4.78 is 11.0. The third-order valence-electron chi connectivity index (χ3n) is 7.56. The first-order valence-corrected chi connectivity index (χ1v) is 14.0. The summed E-state index contributed by atoms with van der Waals surface area (Å²) in [6.07, 6.45) is -0.444. The molecule has 0 unspecified atom stereocenters. The van der Waals surface area contributed by atoms with E-state index in [0.717, 1.165) is 11.3 Å². The Bertz CT molecular complexity index is 1550. The van der Waals surface area contributed by atoms with Gasteiger partial charge in [0.1, 0.15) is 11.4 Å². The summed E-state index contributed by atoms with van der Waals surface area (Å²) in [7, 11) is 1.59. The fraction of sp³-hybridized carbons (Fsp3) is 0.324. The number of anilines is 2. The van der Waals surface area contributed by atoms with Gasteiger partial charge in [0.05, 0.1) is 24.9 Å². The van der Waals surface area contributed by atoms with Gasteiger partial charge in [0.25, 0.3) is 5.91 Å². The van der Waals surface area contributed by atoms with E-state index in [-0.39, 0.29) is 17.9 Å². The molecule has 218 valence electrons. The van der Waals surface area contributed by atoms with Crippen molar-refractivity contribution in [1.82, 2.24) is 5.32 Å². The van der Waals surface area contributed by atoms with Crippen molar-refractivity contribution in [3.8, 4) is 5.75 Å². The molecule has 1 atom stereocenters. The van der Waals surface area contributed by atoms with Crippen molar-refractivity contribution in [1.29, 1.82) is 0 Å². The van der Waals surface area contributed by atoms with Crippen LogP contribution in [0.4, 0.5) is 16.2 Å². The Labute approximate surface area is 246 Å². The van der Waals surface area contributed by atoms with Crippen molar-refractivity contribution < 1.29 is 23.9 Å². The van der Waals surface area contributed by atoms with E-state index in [1.54, 1.807) is 38.8 Å². The highest BCUT2D eigenvalue weighted by Crippen LogP contribution is 2.52. The number of hydrogen-bond acceptors (Lipinski definition) is 6. The number of para-hydroxylation sites is 1. The average molecular weight is 568 g/mol. The number of carbonyl (C=O) groups is 3. The third-order valence-corrected chi connectivity index (χ3v) is 7.56. The number of rotatable bonds is 7. The zero-order chi connectivity index (χ0) is 30.3. The maximum Gasteiger partial charge on any atom is 0.409 e. The Hall–Kier alpha value is -4.59. The maximum absolute atomic E-state index is 14.8. The number of Topliss-reactive ketones (excluding diaryl/α,β-unsaturated/α-hetero) is 1. The predicted octanol–water partition coefficient (Wildman–Crippen LogP) is 6.33. The molecule has 2 N–H and O–H groups in total.